The third-order valence-corrected chi connectivity index (χ3v) is 4.31. The minimum Gasteiger partial charge on any atom is -0.348 e. The molecular formula is C13H15FN2S. The minimum atomic E-state index is -0.622. The first-order chi connectivity index (χ1) is 8.22. The fourth-order valence-corrected chi connectivity index (χ4v) is 3.31. The summed E-state index contributed by atoms with van der Waals surface area (Å²) in [5.74, 6) is 0. The first-order valence-corrected chi connectivity index (χ1v) is 6.80. The van der Waals surface area contributed by atoms with Crippen LogP contribution < -0.4 is 4.90 Å². The normalized spacial score (nSPS) is 17.9. The molecule has 1 aliphatic heterocycles. The molecule has 1 aromatic heterocycles. The molecule has 1 aromatic carbocycles. The Balaban J connectivity index is 1.90. The average Bonchev–Trinajstić information content (AvgIpc) is 2.72. The third kappa shape index (κ3) is 2.14. The molecular weight excluding hydrogens is 235 g/mol. The zero-order chi connectivity index (χ0) is 11.8. The van der Waals surface area contributed by atoms with Crippen molar-refractivity contribution in [1.82, 2.24) is 4.98 Å². The Morgan fingerprint density at radius 2 is 2.12 bits per heavy atom. The van der Waals surface area contributed by atoms with Gasteiger partial charge in [-0.1, -0.05) is 17.4 Å². The van der Waals surface area contributed by atoms with Gasteiger partial charge in [0.2, 0.25) is 0 Å². The maximum atomic E-state index is 13.1. The summed E-state index contributed by atoms with van der Waals surface area (Å²) in [6.07, 6.45) is 0.645. The van der Waals surface area contributed by atoms with Crippen LogP contribution in [0.3, 0.4) is 0 Å². The van der Waals surface area contributed by atoms with Crippen molar-refractivity contribution >= 4 is 26.7 Å². The van der Waals surface area contributed by atoms with Crippen LogP contribution in [-0.2, 0) is 0 Å². The van der Waals surface area contributed by atoms with Gasteiger partial charge in [0.25, 0.3) is 0 Å². The van der Waals surface area contributed by atoms with Gasteiger partial charge >= 0.3 is 0 Å². The van der Waals surface area contributed by atoms with Crippen LogP contribution in [0.1, 0.15) is 18.4 Å². The van der Waals surface area contributed by atoms with Crippen molar-refractivity contribution in [2.24, 2.45) is 0 Å². The average molecular weight is 250 g/mol. The number of hydrogen-bond donors (Lipinski definition) is 0. The Labute approximate surface area is 104 Å². The van der Waals surface area contributed by atoms with E-state index in [4.69, 9.17) is 0 Å². The molecule has 2 heterocycles. The number of hydrogen-bond acceptors (Lipinski definition) is 3. The van der Waals surface area contributed by atoms with Crippen molar-refractivity contribution in [2.45, 2.75) is 25.9 Å². The van der Waals surface area contributed by atoms with Gasteiger partial charge in [-0.2, -0.15) is 0 Å². The number of aryl methyl sites for hydroxylation is 1. The molecule has 2 nitrogen and oxygen atoms in total. The van der Waals surface area contributed by atoms with Gasteiger partial charge in [-0.05, 0) is 37.5 Å². The van der Waals surface area contributed by atoms with Gasteiger partial charge < -0.3 is 4.90 Å². The molecule has 0 saturated carbocycles. The summed E-state index contributed by atoms with van der Waals surface area (Å²) < 4.78 is 14.3. The maximum Gasteiger partial charge on any atom is 0.186 e. The highest BCUT2D eigenvalue weighted by Gasteiger charge is 2.20. The molecule has 0 bridgehead atoms. The molecule has 0 atom stereocenters. The summed E-state index contributed by atoms with van der Waals surface area (Å²) >= 11 is 1.71. The van der Waals surface area contributed by atoms with E-state index in [-0.39, 0.29) is 0 Å². The van der Waals surface area contributed by atoms with Gasteiger partial charge in [-0.3, -0.25) is 0 Å². The highest BCUT2D eigenvalue weighted by molar-refractivity contribution is 7.22. The van der Waals surface area contributed by atoms with E-state index < -0.39 is 6.17 Å². The summed E-state index contributed by atoms with van der Waals surface area (Å²) in [6, 6.07) is 6.31. The van der Waals surface area contributed by atoms with Gasteiger partial charge in [0.15, 0.2) is 5.13 Å². The van der Waals surface area contributed by atoms with E-state index in [9.17, 15) is 4.39 Å². The van der Waals surface area contributed by atoms with Crippen LogP contribution in [0.2, 0.25) is 0 Å². The van der Waals surface area contributed by atoms with E-state index in [1.54, 1.807) is 11.3 Å². The number of aromatic nitrogens is 1. The van der Waals surface area contributed by atoms with E-state index in [0.29, 0.717) is 12.8 Å². The predicted octanol–water partition coefficient (Wildman–Crippen LogP) is 3.54. The van der Waals surface area contributed by atoms with Crippen molar-refractivity contribution in [1.29, 1.82) is 0 Å². The number of rotatable bonds is 1. The molecule has 4 heteroatoms. The number of piperidine rings is 1. The van der Waals surface area contributed by atoms with Crippen molar-refractivity contribution in [3.8, 4) is 0 Å². The van der Waals surface area contributed by atoms with Crippen LogP contribution >= 0.6 is 11.3 Å². The Bertz CT molecular complexity index is 529. The quantitative estimate of drug-likeness (QED) is 0.769. The maximum absolute atomic E-state index is 13.1. The number of anilines is 1. The summed E-state index contributed by atoms with van der Waals surface area (Å²) in [5, 5.41) is 1.04. The molecule has 0 radical (unpaired) electrons. The molecule has 0 amide bonds. The molecule has 3 rings (SSSR count). The van der Waals surface area contributed by atoms with E-state index >= 15 is 0 Å². The Kier molecular flexibility index (Phi) is 2.74. The molecule has 0 N–H and O–H groups in total. The van der Waals surface area contributed by atoms with Crippen LogP contribution in [-0.4, -0.2) is 24.2 Å². The smallest absolute Gasteiger partial charge is 0.186 e. The highest BCUT2D eigenvalue weighted by Crippen LogP contribution is 2.31. The number of nitrogens with zero attached hydrogens (tertiary/aromatic N) is 2. The van der Waals surface area contributed by atoms with Crippen LogP contribution in [0.25, 0.3) is 10.2 Å². The lowest BCUT2D eigenvalue weighted by Gasteiger charge is -2.27. The molecule has 1 saturated heterocycles. The van der Waals surface area contributed by atoms with Crippen molar-refractivity contribution in [2.75, 3.05) is 18.0 Å². The summed E-state index contributed by atoms with van der Waals surface area (Å²) in [4.78, 5) is 6.83. The molecule has 2 aromatic rings. The third-order valence-electron chi connectivity index (χ3n) is 3.23. The fourth-order valence-electron chi connectivity index (χ4n) is 2.19. The molecule has 1 fully saturated rings. The molecule has 17 heavy (non-hydrogen) atoms. The molecule has 0 aliphatic carbocycles. The first-order valence-electron chi connectivity index (χ1n) is 5.98. The second-order valence-corrected chi connectivity index (χ2v) is 5.64. The van der Waals surface area contributed by atoms with Crippen LogP contribution in [0.15, 0.2) is 18.2 Å². The summed E-state index contributed by atoms with van der Waals surface area (Å²) in [7, 11) is 0. The van der Waals surface area contributed by atoms with E-state index in [1.807, 2.05) is 0 Å². The minimum absolute atomic E-state index is 0.622. The van der Waals surface area contributed by atoms with Crippen molar-refractivity contribution in [3.05, 3.63) is 23.8 Å². The van der Waals surface area contributed by atoms with Gasteiger partial charge in [0, 0.05) is 13.1 Å². The van der Waals surface area contributed by atoms with Gasteiger partial charge in [-0.15, -0.1) is 0 Å². The van der Waals surface area contributed by atoms with E-state index in [1.165, 1.54) is 10.3 Å². The fraction of sp³-hybridized carbons (Fsp3) is 0.462. The second kappa shape index (κ2) is 4.26. The van der Waals surface area contributed by atoms with Gasteiger partial charge in [0.05, 0.1) is 10.2 Å². The zero-order valence-electron chi connectivity index (χ0n) is 9.82. The monoisotopic (exact) mass is 250 g/mol. The van der Waals surface area contributed by atoms with E-state index in [2.05, 4.69) is 35.0 Å². The summed E-state index contributed by atoms with van der Waals surface area (Å²) in [5.41, 5.74) is 2.31. The molecule has 0 unspecified atom stereocenters. The number of benzene rings is 1. The predicted molar refractivity (Wildman–Crippen MR) is 70.7 cm³/mol. The zero-order valence-corrected chi connectivity index (χ0v) is 10.6. The molecule has 90 valence electrons. The largest absolute Gasteiger partial charge is 0.348 e. The van der Waals surface area contributed by atoms with Crippen LogP contribution in [0, 0.1) is 6.92 Å². The van der Waals surface area contributed by atoms with E-state index in [0.717, 1.165) is 23.7 Å². The number of thiazole rings is 1. The van der Waals surface area contributed by atoms with Crippen LogP contribution in [0.4, 0.5) is 9.52 Å². The van der Waals surface area contributed by atoms with Crippen molar-refractivity contribution in [3.63, 3.8) is 0 Å². The lowest BCUT2D eigenvalue weighted by molar-refractivity contribution is 0.277. The number of halogens is 1. The topological polar surface area (TPSA) is 16.1 Å². The van der Waals surface area contributed by atoms with Gasteiger partial charge in [-0.25, -0.2) is 9.37 Å². The second-order valence-electron chi connectivity index (χ2n) is 4.63. The Morgan fingerprint density at radius 1 is 1.35 bits per heavy atom. The number of fused-ring (bicyclic) bond motifs is 1. The standard InChI is InChI=1S/C13H15FN2S/c1-9-2-3-11-12(8-9)17-13(15-11)16-6-4-10(14)5-7-16/h2-3,8,10H,4-7H2,1H3. The Morgan fingerprint density at radius 3 is 2.88 bits per heavy atom. The first kappa shape index (κ1) is 11.0. The molecule has 0 spiro atoms. The lowest BCUT2D eigenvalue weighted by Crippen LogP contribution is -2.34. The summed E-state index contributed by atoms with van der Waals surface area (Å²) in [6.45, 7) is 3.67. The highest BCUT2D eigenvalue weighted by atomic mass is 32.1. The van der Waals surface area contributed by atoms with Crippen molar-refractivity contribution < 1.29 is 4.39 Å². The number of alkyl halides is 1. The lowest BCUT2D eigenvalue weighted by atomic mass is 10.1. The SMILES string of the molecule is Cc1ccc2nc(N3CCC(F)CC3)sc2c1. The van der Waals surface area contributed by atoms with Crippen LogP contribution in [0.5, 0.6) is 0 Å². The Hall–Kier alpha value is -1.16. The molecule has 1 aliphatic rings. The van der Waals surface area contributed by atoms with Gasteiger partial charge in [0.1, 0.15) is 6.17 Å².